The normalized spacial score (nSPS) is 10.3. The number of imidazole rings is 1. The van der Waals surface area contributed by atoms with Crippen molar-refractivity contribution in [3.63, 3.8) is 0 Å². The molecule has 4 nitrogen and oxygen atoms in total. The molecular weight excluding hydrogens is 310 g/mol. The van der Waals surface area contributed by atoms with E-state index in [2.05, 4.69) is 39.2 Å². The maximum Gasteiger partial charge on any atom is 0.108 e. The first-order valence-corrected chi connectivity index (χ1v) is 8.32. The largest absolute Gasteiger partial charge is 0.396 e. The van der Waals surface area contributed by atoms with Gasteiger partial charge in [0, 0.05) is 36.3 Å². The zero-order chi connectivity index (χ0) is 17.3. The molecular formula is C21H21N3O. The van der Waals surface area contributed by atoms with E-state index < -0.39 is 0 Å². The van der Waals surface area contributed by atoms with E-state index in [-0.39, 0.29) is 6.61 Å². The van der Waals surface area contributed by atoms with E-state index in [9.17, 15) is 0 Å². The summed E-state index contributed by atoms with van der Waals surface area (Å²) in [6.45, 7) is 0.137. The van der Waals surface area contributed by atoms with Gasteiger partial charge in [-0.2, -0.15) is 0 Å². The van der Waals surface area contributed by atoms with Crippen LogP contribution in [-0.4, -0.2) is 26.7 Å². The fourth-order valence-corrected chi connectivity index (χ4v) is 2.56. The minimum Gasteiger partial charge on any atom is -0.396 e. The minimum atomic E-state index is 0.137. The third kappa shape index (κ3) is 4.99. The average molecular weight is 331 g/mol. The smallest absolute Gasteiger partial charge is 0.108 e. The van der Waals surface area contributed by atoms with E-state index >= 15 is 0 Å². The molecule has 0 spiro atoms. The van der Waals surface area contributed by atoms with Crippen LogP contribution in [-0.2, 0) is 12.8 Å². The Hall–Kier alpha value is -2.98. The fourth-order valence-electron chi connectivity index (χ4n) is 2.56. The van der Waals surface area contributed by atoms with Crippen LogP contribution in [0.3, 0.4) is 0 Å². The van der Waals surface area contributed by atoms with Gasteiger partial charge >= 0.3 is 0 Å². The van der Waals surface area contributed by atoms with Crippen molar-refractivity contribution in [1.29, 1.82) is 0 Å². The summed E-state index contributed by atoms with van der Waals surface area (Å²) in [7, 11) is 0. The monoisotopic (exact) mass is 331 g/mol. The van der Waals surface area contributed by atoms with Crippen LogP contribution in [0.4, 0.5) is 0 Å². The predicted molar refractivity (Wildman–Crippen MR) is 100 cm³/mol. The maximum absolute atomic E-state index is 8.76. The highest BCUT2D eigenvalue weighted by atomic mass is 16.3. The van der Waals surface area contributed by atoms with E-state index in [1.54, 1.807) is 0 Å². The van der Waals surface area contributed by atoms with Crippen LogP contribution in [0.5, 0.6) is 0 Å². The molecule has 4 rings (SSSR count). The van der Waals surface area contributed by atoms with Gasteiger partial charge < -0.3 is 10.1 Å². The molecule has 0 bridgehead atoms. The number of aliphatic hydroxyl groups excluding tert-OH is 1. The second-order valence-corrected chi connectivity index (χ2v) is 5.69. The van der Waals surface area contributed by atoms with Gasteiger partial charge in [0.05, 0.1) is 12.1 Å². The van der Waals surface area contributed by atoms with Gasteiger partial charge in [-0.05, 0) is 17.7 Å². The van der Waals surface area contributed by atoms with Crippen LogP contribution in [0.15, 0.2) is 79.1 Å². The summed E-state index contributed by atoms with van der Waals surface area (Å²) in [6, 6.07) is 22.3. The lowest BCUT2D eigenvalue weighted by molar-refractivity contribution is 0.297. The zero-order valence-electron chi connectivity index (χ0n) is 14.0. The molecule has 25 heavy (non-hydrogen) atoms. The SMILES string of the molecule is OCCc1ncc(Cc2ccccc2)[nH]1.c1ccc2ncccc2c1. The summed E-state index contributed by atoms with van der Waals surface area (Å²) in [5, 5.41) is 9.96. The molecule has 2 aromatic carbocycles. The third-order valence-corrected chi connectivity index (χ3v) is 3.78. The number of aromatic amines is 1. The first-order chi connectivity index (χ1) is 12.3. The van der Waals surface area contributed by atoms with Crippen LogP contribution in [0.2, 0.25) is 0 Å². The Morgan fingerprint density at radius 2 is 1.60 bits per heavy atom. The molecule has 0 amide bonds. The van der Waals surface area contributed by atoms with E-state index in [1.807, 2.05) is 54.9 Å². The predicted octanol–water partition coefficient (Wildman–Crippen LogP) is 3.77. The number of hydrogen-bond donors (Lipinski definition) is 2. The molecule has 2 heterocycles. The average Bonchev–Trinajstić information content (AvgIpc) is 3.10. The van der Waals surface area contributed by atoms with E-state index in [0.717, 1.165) is 23.5 Å². The van der Waals surface area contributed by atoms with Crippen molar-refractivity contribution in [2.24, 2.45) is 0 Å². The molecule has 126 valence electrons. The second-order valence-electron chi connectivity index (χ2n) is 5.69. The van der Waals surface area contributed by atoms with Gasteiger partial charge in [-0.1, -0.05) is 54.6 Å². The molecule has 2 N–H and O–H groups in total. The first-order valence-electron chi connectivity index (χ1n) is 8.32. The number of rotatable bonds is 4. The van der Waals surface area contributed by atoms with Crippen molar-refractivity contribution in [3.05, 3.63) is 96.2 Å². The summed E-state index contributed by atoms with van der Waals surface area (Å²) in [6.07, 6.45) is 5.09. The van der Waals surface area contributed by atoms with Crippen LogP contribution >= 0.6 is 0 Å². The lowest BCUT2D eigenvalue weighted by Crippen LogP contribution is -1.93. The Morgan fingerprint density at radius 1 is 0.840 bits per heavy atom. The molecule has 4 heteroatoms. The molecule has 0 saturated carbocycles. The number of fused-ring (bicyclic) bond motifs is 1. The van der Waals surface area contributed by atoms with Gasteiger partial charge in [-0.15, -0.1) is 0 Å². The van der Waals surface area contributed by atoms with Crippen molar-refractivity contribution in [2.45, 2.75) is 12.8 Å². The van der Waals surface area contributed by atoms with Crippen molar-refractivity contribution >= 4 is 10.9 Å². The second kappa shape index (κ2) is 8.76. The molecule has 0 unspecified atom stereocenters. The molecule has 0 radical (unpaired) electrons. The number of H-pyrrole nitrogens is 1. The highest BCUT2D eigenvalue weighted by Crippen LogP contribution is 2.08. The number of pyridine rings is 1. The molecule has 0 aliphatic rings. The van der Waals surface area contributed by atoms with Gasteiger partial charge in [0.15, 0.2) is 0 Å². The summed E-state index contributed by atoms with van der Waals surface area (Å²) in [5.74, 6) is 0.850. The zero-order valence-corrected chi connectivity index (χ0v) is 14.0. The van der Waals surface area contributed by atoms with Crippen LogP contribution < -0.4 is 0 Å². The molecule has 2 aromatic heterocycles. The van der Waals surface area contributed by atoms with Crippen LogP contribution in [0.1, 0.15) is 17.1 Å². The maximum atomic E-state index is 8.76. The number of nitrogens with zero attached hydrogens (tertiary/aromatic N) is 2. The topological polar surface area (TPSA) is 61.8 Å². The van der Waals surface area contributed by atoms with Crippen LogP contribution in [0.25, 0.3) is 10.9 Å². The highest BCUT2D eigenvalue weighted by molar-refractivity contribution is 5.77. The summed E-state index contributed by atoms with van der Waals surface area (Å²) >= 11 is 0. The number of nitrogens with one attached hydrogen (secondary N) is 1. The number of benzene rings is 2. The fraction of sp³-hybridized carbons (Fsp3) is 0.143. The third-order valence-electron chi connectivity index (χ3n) is 3.78. The highest BCUT2D eigenvalue weighted by Gasteiger charge is 2.00. The number of aliphatic hydroxyl groups is 1. The summed E-state index contributed by atoms with van der Waals surface area (Å²) in [5.41, 5.74) is 3.41. The van der Waals surface area contributed by atoms with E-state index in [0.29, 0.717) is 6.42 Å². The van der Waals surface area contributed by atoms with Gasteiger partial charge in [-0.25, -0.2) is 4.98 Å². The minimum absolute atomic E-state index is 0.137. The Morgan fingerprint density at radius 3 is 2.40 bits per heavy atom. The Kier molecular flexibility index (Phi) is 5.91. The molecule has 4 aromatic rings. The van der Waals surface area contributed by atoms with Gasteiger partial charge in [0.1, 0.15) is 5.82 Å². The number of para-hydroxylation sites is 1. The molecule has 0 atom stereocenters. The summed E-state index contributed by atoms with van der Waals surface area (Å²) in [4.78, 5) is 11.6. The lowest BCUT2D eigenvalue weighted by atomic mass is 10.1. The molecule has 0 aliphatic carbocycles. The van der Waals surface area contributed by atoms with Gasteiger partial charge in [-0.3, -0.25) is 4.98 Å². The first kappa shape index (κ1) is 16.9. The van der Waals surface area contributed by atoms with Crippen molar-refractivity contribution in [2.75, 3.05) is 6.61 Å². The number of aromatic nitrogens is 3. The Labute approximate surface area is 147 Å². The molecule has 0 aliphatic heterocycles. The molecule has 0 saturated heterocycles. The quantitative estimate of drug-likeness (QED) is 0.598. The van der Waals surface area contributed by atoms with Crippen molar-refractivity contribution in [1.82, 2.24) is 15.0 Å². The van der Waals surface area contributed by atoms with Gasteiger partial charge in [0.25, 0.3) is 0 Å². The van der Waals surface area contributed by atoms with E-state index in [1.165, 1.54) is 10.9 Å². The standard InChI is InChI=1S/C12H14N2O.C9H7N/c15-7-6-12-13-9-11(14-12)8-10-4-2-1-3-5-10;1-2-6-9-8(4-1)5-3-7-10-9/h1-5,9,15H,6-8H2,(H,13,14);1-7H. The summed E-state index contributed by atoms with van der Waals surface area (Å²) < 4.78 is 0. The van der Waals surface area contributed by atoms with Crippen LogP contribution in [0, 0.1) is 0 Å². The van der Waals surface area contributed by atoms with E-state index in [4.69, 9.17) is 5.11 Å². The Bertz CT molecular complexity index is 838. The Balaban J connectivity index is 0.000000157. The number of hydrogen-bond acceptors (Lipinski definition) is 3. The lowest BCUT2D eigenvalue weighted by Gasteiger charge is -1.97. The molecule has 0 fully saturated rings. The van der Waals surface area contributed by atoms with Crippen molar-refractivity contribution in [3.8, 4) is 0 Å². The van der Waals surface area contributed by atoms with Gasteiger partial charge in [0.2, 0.25) is 0 Å². The van der Waals surface area contributed by atoms with Crippen molar-refractivity contribution < 1.29 is 5.11 Å².